The quantitative estimate of drug-likeness (QED) is 0.636. The van der Waals surface area contributed by atoms with Crippen molar-refractivity contribution in [2.75, 3.05) is 0 Å². The molecule has 1 aromatic heterocycles. The summed E-state index contributed by atoms with van der Waals surface area (Å²) in [6.45, 7) is 6.44. The summed E-state index contributed by atoms with van der Waals surface area (Å²) < 4.78 is 28.7. The lowest BCUT2D eigenvalue weighted by atomic mass is 9.95. The van der Waals surface area contributed by atoms with Crippen LogP contribution in [0.1, 0.15) is 56.3 Å². The summed E-state index contributed by atoms with van der Waals surface area (Å²) in [5.74, 6) is -4.46. The van der Waals surface area contributed by atoms with Gasteiger partial charge in [0, 0.05) is 12.3 Å². The lowest BCUT2D eigenvalue weighted by Gasteiger charge is -2.28. The Hall–Kier alpha value is -3.27. The number of rotatable bonds is 6. The van der Waals surface area contributed by atoms with E-state index in [9.17, 15) is 13.6 Å². The van der Waals surface area contributed by atoms with Crippen LogP contribution < -0.4 is 5.32 Å². The zero-order valence-electron chi connectivity index (χ0n) is 17.4. The summed E-state index contributed by atoms with van der Waals surface area (Å²) in [5.41, 5.74) is 3.24. The lowest BCUT2D eigenvalue weighted by molar-refractivity contribution is -0.143. The molecule has 2 atom stereocenters. The van der Waals surface area contributed by atoms with E-state index < -0.39 is 23.9 Å². The molecule has 2 aromatic carbocycles. The van der Waals surface area contributed by atoms with Crippen LogP contribution in [0.4, 0.5) is 8.78 Å². The number of benzene rings is 2. The van der Waals surface area contributed by atoms with Crippen molar-refractivity contribution < 1.29 is 13.6 Å². The van der Waals surface area contributed by atoms with Gasteiger partial charge >= 0.3 is 5.92 Å². The summed E-state index contributed by atoms with van der Waals surface area (Å²) in [6.07, 6.45) is 1.63. The molecule has 0 unspecified atom stereocenters. The Kier molecular flexibility index (Phi) is 5.88. The zero-order valence-corrected chi connectivity index (χ0v) is 17.4. The Labute approximate surface area is 174 Å². The monoisotopic (exact) mass is 410 g/mol. The van der Waals surface area contributed by atoms with Crippen LogP contribution in [-0.4, -0.2) is 27.7 Å². The van der Waals surface area contributed by atoms with Crippen LogP contribution in [0.25, 0.3) is 10.9 Å². The van der Waals surface area contributed by atoms with Crippen molar-refractivity contribution >= 4 is 16.8 Å². The zero-order chi connectivity index (χ0) is 22.1. The van der Waals surface area contributed by atoms with Gasteiger partial charge < -0.3 is 5.32 Å². The number of carbonyl (C=O) groups excluding carboxylic acids is 1. The number of fused-ring (bicyclic) bond motifs is 1. The van der Waals surface area contributed by atoms with Crippen molar-refractivity contribution in [1.29, 1.82) is 5.26 Å². The minimum atomic E-state index is -3.48. The predicted molar refractivity (Wildman–Crippen MR) is 111 cm³/mol. The highest BCUT2D eigenvalue weighted by Crippen LogP contribution is 2.29. The van der Waals surface area contributed by atoms with Crippen LogP contribution >= 0.6 is 0 Å². The topological polar surface area (TPSA) is 70.7 Å². The summed E-state index contributed by atoms with van der Waals surface area (Å²) in [4.78, 5) is 11.9. The van der Waals surface area contributed by atoms with E-state index in [1.807, 2.05) is 24.3 Å². The summed E-state index contributed by atoms with van der Waals surface area (Å²) in [6, 6.07) is 14.0. The summed E-state index contributed by atoms with van der Waals surface area (Å²) in [5, 5.41) is 16.8. The first kappa shape index (κ1) is 21.4. The number of nitrogens with one attached hydrogen (secondary N) is 1. The number of halogens is 2. The summed E-state index contributed by atoms with van der Waals surface area (Å²) in [7, 11) is 0. The molecule has 0 saturated heterocycles. The van der Waals surface area contributed by atoms with E-state index in [1.54, 1.807) is 36.0 Å². The molecule has 0 saturated carbocycles. The van der Waals surface area contributed by atoms with Gasteiger partial charge in [-0.05, 0) is 42.2 Å². The van der Waals surface area contributed by atoms with Gasteiger partial charge in [-0.2, -0.15) is 19.1 Å². The molecule has 0 aliphatic carbocycles. The predicted octanol–water partition coefficient (Wildman–Crippen LogP) is 4.78. The lowest BCUT2D eigenvalue weighted by Crippen LogP contribution is -2.46. The Balaban J connectivity index is 2.08. The molecule has 0 bridgehead atoms. The third-order valence-corrected chi connectivity index (χ3v) is 5.16. The van der Waals surface area contributed by atoms with Crippen molar-refractivity contribution in [1.82, 2.24) is 15.1 Å². The van der Waals surface area contributed by atoms with Gasteiger partial charge in [-0.1, -0.05) is 38.1 Å². The minimum Gasteiger partial charge on any atom is -0.346 e. The molecule has 156 valence electrons. The normalized spacial score (nSPS) is 13.8. The number of alkyl halides is 2. The Morgan fingerprint density at radius 1 is 1.13 bits per heavy atom. The van der Waals surface area contributed by atoms with Gasteiger partial charge in [0.2, 0.25) is 0 Å². The molecule has 30 heavy (non-hydrogen) atoms. The maximum absolute atomic E-state index is 13.5. The first-order chi connectivity index (χ1) is 14.1. The van der Waals surface area contributed by atoms with Crippen molar-refractivity contribution in [2.24, 2.45) is 0 Å². The van der Waals surface area contributed by atoms with Gasteiger partial charge in [-0.3, -0.25) is 9.48 Å². The number of nitrogens with zero attached hydrogens (tertiary/aromatic N) is 3. The van der Waals surface area contributed by atoms with Crippen molar-refractivity contribution in [2.45, 2.75) is 51.6 Å². The maximum atomic E-state index is 13.5. The van der Waals surface area contributed by atoms with Gasteiger partial charge in [0.05, 0.1) is 35.4 Å². The van der Waals surface area contributed by atoms with E-state index in [1.165, 1.54) is 0 Å². The molecular formula is C23H24F2N4O. The molecule has 0 aliphatic rings. The molecular weight excluding hydrogens is 386 g/mol. The Morgan fingerprint density at radius 2 is 1.77 bits per heavy atom. The van der Waals surface area contributed by atoms with E-state index in [4.69, 9.17) is 5.26 Å². The molecule has 3 aromatic rings. The Morgan fingerprint density at radius 3 is 2.33 bits per heavy atom. The van der Waals surface area contributed by atoms with Gasteiger partial charge in [-0.15, -0.1) is 0 Å². The largest absolute Gasteiger partial charge is 0.346 e. The first-order valence-electron chi connectivity index (χ1n) is 9.78. The molecule has 1 heterocycles. The molecule has 1 N–H and O–H groups in total. The second-order valence-electron chi connectivity index (χ2n) is 7.89. The smallest absolute Gasteiger partial charge is 0.321 e. The number of aromatic nitrogens is 2. The van der Waals surface area contributed by atoms with Crippen molar-refractivity contribution in [3.05, 3.63) is 65.4 Å². The van der Waals surface area contributed by atoms with Crippen molar-refractivity contribution in [3.63, 3.8) is 0 Å². The fraction of sp³-hybridized carbons (Fsp3) is 0.348. The second-order valence-corrected chi connectivity index (χ2v) is 7.89. The fourth-order valence-electron chi connectivity index (χ4n) is 3.48. The van der Waals surface area contributed by atoms with Gasteiger partial charge in [0.15, 0.2) is 0 Å². The van der Waals surface area contributed by atoms with E-state index >= 15 is 0 Å². The van der Waals surface area contributed by atoms with Crippen LogP contribution in [0.2, 0.25) is 0 Å². The van der Waals surface area contributed by atoms with E-state index in [-0.39, 0.29) is 0 Å². The second kappa shape index (κ2) is 8.23. The average Bonchev–Trinajstić information content (AvgIpc) is 3.10. The number of amides is 1. The van der Waals surface area contributed by atoms with E-state index in [2.05, 4.69) is 30.3 Å². The highest BCUT2D eigenvalue weighted by molar-refractivity contribution is 5.83. The first-order valence-corrected chi connectivity index (χ1v) is 9.78. The summed E-state index contributed by atoms with van der Waals surface area (Å²) >= 11 is 0. The molecule has 3 rings (SSSR count). The molecule has 0 fully saturated rings. The van der Waals surface area contributed by atoms with Crippen LogP contribution in [0, 0.1) is 11.3 Å². The van der Waals surface area contributed by atoms with Crippen LogP contribution in [0.15, 0.2) is 48.7 Å². The van der Waals surface area contributed by atoms with Crippen molar-refractivity contribution in [3.8, 4) is 6.07 Å². The number of carbonyl (C=O) groups is 1. The molecule has 0 aliphatic heterocycles. The van der Waals surface area contributed by atoms with Gasteiger partial charge in [0.1, 0.15) is 0 Å². The number of hydrogen-bond acceptors (Lipinski definition) is 3. The highest BCUT2D eigenvalue weighted by atomic mass is 19.3. The third-order valence-electron chi connectivity index (χ3n) is 5.16. The fourth-order valence-corrected chi connectivity index (χ4v) is 3.48. The van der Waals surface area contributed by atoms with E-state index in [0.29, 0.717) is 18.4 Å². The minimum absolute atomic E-state index is 0.350. The van der Waals surface area contributed by atoms with Crippen LogP contribution in [0.3, 0.4) is 0 Å². The standard InChI is InChI=1S/C23H24F2N4O/c1-14(2)17-6-8-18(9-7-17)21(15(3)28-22(30)23(4,24)25)29-20-10-5-16(12-26)11-19(20)13-27-29/h5-11,13-15,21H,1-4H3,(H,28,30)/t15-,21-/m1/s1. The molecule has 5 nitrogen and oxygen atoms in total. The molecule has 7 heteroatoms. The highest BCUT2D eigenvalue weighted by Gasteiger charge is 2.35. The molecule has 0 radical (unpaired) electrons. The Bertz CT molecular complexity index is 1090. The third kappa shape index (κ3) is 4.33. The molecule has 1 amide bonds. The maximum Gasteiger partial charge on any atom is 0.321 e. The van der Waals surface area contributed by atoms with E-state index in [0.717, 1.165) is 22.0 Å². The van der Waals surface area contributed by atoms with Gasteiger partial charge in [0.25, 0.3) is 5.91 Å². The molecule has 0 spiro atoms. The SMILES string of the molecule is CC(C)c1ccc([C@@H]([C@@H](C)NC(=O)C(C)(F)F)n2ncc3cc(C#N)ccc32)cc1. The number of hydrogen-bond donors (Lipinski definition) is 1. The van der Waals surface area contributed by atoms with Crippen LogP contribution in [-0.2, 0) is 4.79 Å². The number of nitriles is 1. The average molecular weight is 410 g/mol. The van der Waals surface area contributed by atoms with Gasteiger partial charge in [-0.25, -0.2) is 0 Å². The van der Waals surface area contributed by atoms with Crippen LogP contribution in [0.5, 0.6) is 0 Å².